The van der Waals surface area contributed by atoms with Gasteiger partial charge in [-0.05, 0) is 58.3 Å². The summed E-state index contributed by atoms with van der Waals surface area (Å²) in [6, 6.07) is 3.99. The van der Waals surface area contributed by atoms with Gasteiger partial charge in [0.15, 0.2) is 11.0 Å². The zero-order valence-electron chi connectivity index (χ0n) is 14.3. The van der Waals surface area contributed by atoms with Crippen LogP contribution in [0.25, 0.3) is 0 Å². The van der Waals surface area contributed by atoms with Crippen LogP contribution in [0.15, 0.2) is 33.9 Å². The van der Waals surface area contributed by atoms with Crippen LogP contribution in [-0.4, -0.2) is 39.8 Å². The van der Waals surface area contributed by atoms with Crippen LogP contribution in [-0.2, 0) is 4.79 Å². The molecule has 1 saturated heterocycles. The Hall–Kier alpha value is -2.44. The van der Waals surface area contributed by atoms with Gasteiger partial charge in [-0.15, -0.1) is 0 Å². The quantitative estimate of drug-likeness (QED) is 0.296. The molecule has 9 nitrogen and oxygen atoms in total. The van der Waals surface area contributed by atoms with Gasteiger partial charge in [-0.2, -0.15) is 0 Å². The molecule has 28 heavy (non-hydrogen) atoms. The fourth-order valence-corrected chi connectivity index (χ4v) is 3.98. The van der Waals surface area contributed by atoms with Crippen molar-refractivity contribution >= 4 is 54.7 Å². The molecule has 1 fully saturated rings. The maximum Gasteiger partial charge on any atom is 0.345 e. The Kier molecular flexibility index (Phi) is 6.31. The number of nitro groups is 1. The molecule has 2 N–H and O–H groups in total. The minimum Gasteiger partial charge on any atom is -0.348 e. The van der Waals surface area contributed by atoms with Gasteiger partial charge in [0, 0.05) is 19.0 Å². The number of piperidine rings is 1. The number of hydrogen-bond donors (Lipinski definition) is 2. The molecule has 2 heterocycles. The molecule has 2 aromatic rings. The van der Waals surface area contributed by atoms with Gasteiger partial charge in [-0.25, -0.2) is 19.8 Å². The SMILES string of the molecule is O=C(C(=Nc1ccc(F)c(Br)c1)NO)C1CCN(c2ncc([N+](=O)[O-])s2)CC1. The molecule has 0 saturated carbocycles. The van der Waals surface area contributed by atoms with Gasteiger partial charge in [-0.1, -0.05) is 0 Å². The maximum absolute atomic E-state index is 13.3. The number of carbonyl (C=O) groups is 1. The van der Waals surface area contributed by atoms with Gasteiger partial charge in [0.05, 0.1) is 15.1 Å². The van der Waals surface area contributed by atoms with E-state index in [1.807, 2.05) is 10.4 Å². The second-order valence-electron chi connectivity index (χ2n) is 6.03. The first kappa shape index (κ1) is 20.3. The fourth-order valence-electron chi connectivity index (χ4n) is 2.83. The Labute approximate surface area is 171 Å². The minimum absolute atomic E-state index is 0.0300. The second kappa shape index (κ2) is 8.71. The van der Waals surface area contributed by atoms with Crippen LogP contribution < -0.4 is 10.4 Å². The Morgan fingerprint density at radius 3 is 2.75 bits per heavy atom. The Morgan fingerprint density at radius 1 is 1.46 bits per heavy atom. The molecule has 0 aliphatic carbocycles. The molecule has 148 valence electrons. The van der Waals surface area contributed by atoms with Crippen molar-refractivity contribution in [2.45, 2.75) is 12.8 Å². The molecular formula is C16H15BrFN5O4S. The van der Waals surface area contributed by atoms with Crippen LogP contribution in [0.2, 0.25) is 0 Å². The number of nitrogens with zero attached hydrogens (tertiary/aromatic N) is 4. The molecule has 0 radical (unpaired) electrons. The van der Waals surface area contributed by atoms with E-state index in [2.05, 4.69) is 25.9 Å². The number of anilines is 1. The zero-order chi connectivity index (χ0) is 20.3. The second-order valence-corrected chi connectivity index (χ2v) is 7.88. The molecule has 1 aliphatic heterocycles. The van der Waals surface area contributed by atoms with E-state index in [4.69, 9.17) is 0 Å². The molecule has 0 unspecified atom stereocenters. The molecule has 0 spiro atoms. The zero-order valence-corrected chi connectivity index (χ0v) is 16.7. The van der Waals surface area contributed by atoms with E-state index in [0.29, 0.717) is 36.8 Å². The molecule has 12 heteroatoms. The summed E-state index contributed by atoms with van der Waals surface area (Å²) in [5, 5.41) is 20.6. The van der Waals surface area contributed by atoms with E-state index in [1.54, 1.807) is 0 Å². The number of carbonyl (C=O) groups excluding carboxylic acids is 1. The molecule has 0 amide bonds. The Morgan fingerprint density at radius 2 is 2.18 bits per heavy atom. The summed E-state index contributed by atoms with van der Waals surface area (Å²) in [5.74, 6) is -1.40. The average molecular weight is 472 g/mol. The largest absolute Gasteiger partial charge is 0.348 e. The van der Waals surface area contributed by atoms with E-state index in [0.717, 1.165) is 11.3 Å². The van der Waals surface area contributed by atoms with Crippen LogP contribution in [0.3, 0.4) is 0 Å². The first-order chi connectivity index (χ1) is 13.4. The smallest absolute Gasteiger partial charge is 0.345 e. The number of nitrogens with one attached hydrogen (secondary N) is 1. The molecular weight excluding hydrogens is 457 g/mol. The number of ketones is 1. The number of hydrogen-bond acceptors (Lipinski definition) is 8. The average Bonchev–Trinajstić information content (AvgIpc) is 3.19. The summed E-state index contributed by atoms with van der Waals surface area (Å²) in [4.78, 5) is 33.0. The van der Waals surface area contributed by atoms with Gasteiger partial charge < -0.3 is 4.90 Å². The van der Waals surface area contributed by atoms with Gasteiger partial charge >= 0.3 is 5.00 Å². The number of thiazole rings is 1. The lowest BCUT2D eigenvalue weighted by molar-refractivity contribution is -0.380. The normalized spacial score (nSPS) is 15.5. The number of halogens is 2. The molecule has 1 aliphatic rings. The van der Waals surface area contributed by atoms with Crippen molar-refractivity contribution in [1.29, 1.82) is 0 Å². The fraction of sp³-hybridized carbons (Fsp3) is 0.312. The maximum atomic E-state index is 13.3. The monoisotopic (exact) mass is 471 g/mol. The summed E-state index contributed by atoms with van der Waals surface area (Å²) >= 11 is 4.04. The van der Waals surface area contributed by atoms with Crippen molar-refractivity contribution in [3.63, 3.8) is 0 Å². The molecule has 1 aromatic carbocycles. The van der Waals surface area contributed by atoms with Crippen molar-refractivity contribution in [2.75, 3.05) is 18.0 Å². The van der Waals surface area contributed by atoms with E-state index in [1.165, 1.54) is 24.4 Å². The minimum atomic E-state index is -0.485. The Balaban J connectivity index is 1.66. The van der Waals surface area contributed by atoms with Crippen LogP contribution >= 0.6 is 27.3 Å². The van der Waals surface area contributed by atoms with Gasteiger partial charge in [0.25, 0.3) is 0 Å². The van der Waals surface area contributed by atoms with Crippen molar-refractivity contribution < 1.29 is 19.3 Å². The third-order valence-corrected chi connectivity index (χ3v) is 5.90. The van der Waals surface area contributed by atoms with Crippen molar-refractivity contribution in [1.82, 2.24) is 10.5 Å². The number of benzene rings is 1. The van der Waals surface area contributed by atoms with Gasteiger partial charge in [0.1, 0.15) is 12.0 Å². The highest BCUT2D eigenvalue weighted by Crippen LogP contribution is 2.31. The summed E-state index contributed by atoms with van der Waals surface area (Å²) in [6.07, 6.45) is 2.19. The van der Waals surface area contributed by atoms with Crippen molar-refractivity contribution in [2.24, 2.45) is 10.9 Å². The van der Waals surface area contributed by atoms with E-state index < -0.39 is 10.7 Å². The highest BCUT2D eigenvalue weighted by Gasteiger charge is 2.29. The standard InChI is InChI=1S/C16H15BrFN5O4S/c17-11-7-10(1-2-12(11)18)20-15(21-25)14(24)9-3-5-22(6-4-9)16-19-8-13(28-16)23(26)27/h1-2,7-9,25H,3-6H2,(H,20,21). The first-order valence-corrected chi connectivity index (χ1v) is 9.83. The lowest BCUT2D eigenvalue weighted by Gasteiger charge is -2.30. The van der Waals surface area contributed by atoms with Gasteiger partial charge in [0.2, 0.25) is 5.78 Å². The molecule has 0 atom stereocenters. The molecule has 3 rings (SSSR count). The summed E-state index contributed by atoms with van der Waals surface area (Å²) in [6.45, 7) is 1.00. The van der Waals surface area contributed by atoms with E-state index in [9.17, 15) is 24.5 Å². The molecule has 0 bridgehead atoms. The first-order valence-electron chi connectivity index (χ1n) is 8.22. The summed E-state index contributed by atoms with van der Waals surface area (Å²) in [5.41, 5.74) is 2.14. The van der Waals surface area contributed by atoms with Gasteiger partial charge in [-0.3, -0.25) is 20.1 Å². The van der Waals surface area contributed by atoms with Crippen molar-refractivity contribution in [3.8, 4) is 0 Å². The predicted molar refractivity (Wildman–Crippen MR) is 105 cm³/mol. The lowest BCUT2D eigenvalue weighted by atomic mass is 9.92. The number of amidine groups is 1. The van der Waals surface area contributed by atoms with Crippen LogP contribution in [0, 0.1) is 21.8 Å². The number of aliphatic imine (C=N–C) groups is 1. The third kappa shape index (κ3) is 4.51. The van der Waals surface area contributed by atoms with Crippen LogP contribution in [0.5, 0.6) is 0 Å². The topological polar surface area (TPSA) is 121 Å². The highest BCUT2D eigenvalue weighted by molar-refractivity contribution is 9.10. The lowest BCUT2D eigenvalue weighted by Crippen LogP contribution is -2.41. The van der Waals surface area contributed by atoms with E-state index in [-0.39, 0.29) is 27.0 Å². The third-order valence-electron chi connectivity index (χ3n) is 4.28. The van der Waals surface area contributed by atoms with Crippen LogP contribution in [0.4, 0.5) is 20.2 Å². The molecule has 1 aromatic heterocycles. The number of Topliss-reactive ketones (excluding diaryl/α,β-unsaturated/α-hetero) is 1. The summed E-state index contributed by atoms with van der Waals surface area (Å²) < 4.78 is 13.5. The Bertz CT molecular complexity index is 930. The number of hydroxylamine groups is 1. The van der Waals surface area contributed by atoms with E-state index >= 15 is 0 Å². The predicted octanol–water partition coefficient (Wildman–Crippen LogP) is 3.45. The number of rotatable bonds is 5. The van der Waals surface area contributed by atoms with Crippen molar-refractivity contribution in [3.05, 3.63) is 44.8 Å². The number of aromatic nitrogens is 1. The highest BCUT2D eigenvalue weighted by atomic mass is 79.9. The summed E-state index contributed by atoms with van der Waals surface area (Å²) in [7, 11) is 0. The van der Waals surface area contributed by atoms with Crippen LogP contribution in [0.1, 0.15) is 12.8 Å².